The van der Waals surface area contributed by atoms with Crippen molar-refractivity contribution in [2.75, 3.05) is 106 Å². The summed E-state index contributed by atoms with van der Waals surface area (Å²) >= 11 is 0. The predicted molar refractivity (Wildman–Crippen MR) is 248 cm³/mol. The minimum absolute atomic E-state index is 0.0844. The lowest BCUT2D eigenvalue weighted by Gasteiger charge is -2.30. The van der Waals surface area contributed by atoms with Crippen molar-refractivity contribution in [3.63, 3.8) is 0 Å². The van der Waals surface area contributed by atoms with E-state index in [1.807, 2.05) is 90.7 Å². The van der Waals surface area contributed by atoms with Crippen LogP contribution in [0.3, 0.4) is 0 Å². The summed E-state index contributed by atoms with van der Waals surface area (Å²) in [4.78, 5) is 58.3. The Hall–Kier alpha value is -6.59. The van der Waals surface area contributed by atoms with Crippen LogP contribution >= 0.6 is 0 Å². The molecule has 4 amide bonds. The van der Waals surface area contributed by atoms with E-state index in [-0.39, 0.29) is 38.1 Å². The molecule has 15 nitrogen and oxygen atoms in total. The van der Waals surface area contributed by atoms with E-state index in [4.69, 9.17) is 37.9 Å². The van der Waals surface area contributed by atoms with Crippen LogP contribution in [0.15, 0.2) is 103 Å². The molecule has 9 rings (SSSR count). The number of nitrogens with zero attached hydrogens (tertiary/aromatic N) is 3. The summed E-state index contributed by atoms with van der Waals surface area (Å²) in [5.74, 6) is 0.0135. The van der Waals surface area contributed by atoms with Gasteiger partial charge in [-0.2, -0.15) is 0 Å². The van der Waals surface area contributed by atoms with Gasteiger partial charge < -0.3 is 37.9 Å². The van der Waals surface area contributed by atoms with Gasteiger partial charge >= 0.3 is 0 Å². The smallest absolute Gasteiger partial charge is 0.261 e. The van der Waals surface area contributed by atoms with Gasteiger partial charge in [-0.25, -0.2) is 4.57 Å². The highest BCUT2D eigenvalue weighted by Crippen LogP contribution is 2.46. The number of fused-ring (bicyclic) bond motifs is 2. The van der Waals surface area contributed by atoms with Crippen LogP contribution in [-0.4, -0.2) is 139 Å². The van der Waals surface area contributed by atoms with E-state index in [1.54, 1.807) is 24.3 Å². The van der Waals surface area contributed by atoms with Crippen molar-refractivity contribution in [3.05, 3.63) is 126 Å². The van der Waals surface area contributed by atoms with Gasteiger partial charge in [0.15, 0.2) is 11.9 Å². The first-order chi connectivity index (χ1) is 32.9. The first kappa shape index (κ1) is 45.6. The van der Waals surface area contributed by atoms with Gasteiger partial charge in [0, 0.05) is 39.1 Å². The van der Waals surface area contributed by atoms with E-state index < -0.39 is 11.8 Å². The summed E-state index contributed by atoms with van der Waals surface area (Å²) in [6.07, 6.45) is 3.83. The molecule has 15 heteroatoms. The van der Waals surface area contributed by atoms with Crippen molar-refractivity contribution in [1.29, 1.82) is 0 Å². The molecule has 0 bridgehead atoms. The summed E-state index contributed by atoms with van der Waals surface area (Å²) in [5, 5.41) is 6.08. The third-order valence-electron chi connectivity index (χ3n) is 11.9. The second-order valence-corrected chi connectivity index (χ2v) is 16.1. The standard InChI is InChI=1S/C52H52N3O12/c1-53-17-5-8-36(34-53)67-33-31-65-29-27-63-25-23-61-21-19-55-51(58)43-15-11-39-37-9-13-41-47-42(14-10-38(45(37)47)40-12-16-44(52(55)59)48(43)46(39)40)50(57)54(49(41)56)18-20-60-22-24-62-26-28-64-30-32-66-35-6-3-2-4-7-35/h2-17,34H,18-33H2,1H3/q+1. The van der Waals surface area contributed by atoms with Gasteiger partial charge in [-0.3, -0.25) is 29.0 Å². The Morgan fingerprint density at radius 1 is 0.373 bits per heavy atom. The highest BCUT2D eigenvalue weighted by Gasteiger charge is 2.36. The normalized spacial score (nSPS) is 13.6. The van der Waals surface area contributed by atoms with Gasteiger partial charge in [-0.05, 0) is 74.8 Å². The zero-order valence-corrected chi connectivity index (χ0v) is 37.4. The van der Waals surface area contributed by atoms with Gasteiger partial charge in [0.05, 0.1) is 92.4 Å². The predicted octanol–water partition coefficient (Wildman–Crippen LogP) is 6.01. The molecular weight excluding hydrogens is 859 g/mol. The van der Waals surface area contributed by atoms with E-state index >= 15 is 0 Å². The van der Waals surface area contributed by atoms with E-state index in [0.29, 0.717) is 112 Å². The zero-order valence-electron chi connectivity index (χ0n) is 37.4. The zero-order chi connectivity index (χ0) is 46.1. The number of aromatic nitrogens is 1. The van der Waals surface area contributed by atoms with Crippen LogP contribution in [-0.2, 0) is 35.5 Å². The molecule has 346 valence electrons. The first-order valence-electron chi connectivity index (χ1n) is 22.6. The summed E-state index contributed by atoms with van der Waals surface area (Å²) in [6, 6.07) is 28.0. The fourth-order valence-corrected chi connectivity index (χ4v) is 8.77. The maximum absolute atomic E-state index is 14.0. The Morgan fingerprint density at radius 3 is 1.10 bits per heavy atom. The SMILES string of the molecule is C[n+]1cccc(OCCOCCOCCOCCN2C(=O)c3ccc4c5ccc6c7c(ccc(c8ccc(c3c48)C2=O)c75)C(=O)N(CCOCCOCCOCCOc2ccccc2)C6=O)c1. The number of hydrogen-bond acceptors (Lipinski definition) is 12. The minimum Gasteiger partial charge on any atom is -0.491 e. The van der Waals surface area contributed by atoms with Crippen LogP contribution < -0.4 is 14.0 Å². The number of hydrogen-bond donors (Lipinski definition) is 0. The van der Waals surface area contributed by atoms with Gasteiger partial charge in [-0.1, -0.05) is 42.5 Å². The molecule has 2 aliphatic heterocycles. The Balaban J connectivity index is 0.765. The van der Waals surface area contributed by atoms with Crippen LogP contribution in [0.5, 0.6) is 11.5 Å². The molecule has 0 aliphatic carbocycles. The lowest BCUT2D eigenvalue weighted by atomic mass is 9.82. The molecule has 67 heavy (non-hydrogen) atoms. The van der Waals surface area contributed by atoms with Crippen molar-refractivity contribution in [2.45, 2.75) is 0 Å². The number of pyridine rings is 1. The molecule has 0 atom stereocenters. The number of amides is 4. The maximum atomic E-state index is 14.0. The largest absolute Gasteiger partial charge is 0.491 e. The van der Waals surface area contributed by atoms with E-state index in [9.17, 15) is 19.2 Å². The highest BCUT2D eigenvalue weighted by atomic mass is 16.6. The number of para-hydroxylation sites is 1. The third-order valence-corrected chi connectivity index (χ3v) is 11.9. The molecule has 0 saturated carbocycles. The fraction of sp³-hybridized carbons (Fsp3) is 0.327. The van der Waals surface area contributed by atoms with Crippen LogP contribution in [0, 0.1) is 0 Å². The topological polar surface area (TPSA) is 152 Å². The van der Waals surface area contributed by atoms with Gasteiger partial charge in [0.25, 0.3) is 23.6 Å². The Morgan fingerprint density at radius 2 is 0.716 bits per heavy atom. The maximum Gasteiger partial charge on any atom is 0.261 e. The first-order valence-corrected chi connectivity index (χ1v) is 22.6. The molecule has 7 aromatic rings. The Labute approximate surface area is 386 Å². The number of carbonyl (C=O) groups is 4. The molecule has 0 N–H and O–H groups in total. The second kappa shape index (κ2) is 21.4. The van der Waals surface area contributed by atoms with Crippen molar-refractivity contribution in [1.82, 2.24) is 9.80 Å². The molecule has 0 unspecified atom stereocenters. The van der Waals surface area contributed by atoms with Crippen LogP contribution in [0.4, 0.5) is 0 Å². The number of carbonyl (C=O) groups excluding carboxylic acids is 4. The van der Waals surface area contributed by atoms with Crippen LogP contribution in [0.2, 0.25) is 0 Å². The molecule has 2 aliphatic rings. The Bertz CT molecular complexity index is 2790. The molecule has 1 aromatic heterocycles. The monoisotopic (exact) mass is 910 g/mol. The van der Waals surface area contributed by atoms with Crippen molar-refractivity contribution >= 4 is 66.7 Å². The average Bonchev–Trinajstić information content (AvgIpc) is 3.34. The molecule has 0 saturated heterocycles. The summed E-state index contributed by atoms with van der Waals surface area (Å²) in [6.45, 7) is 5.15. The Kier molecular flexibility index (Phi) is 14.5. The molecule has 0 spiro atoms. The molecule has 0 radical (unpaired) electrons. The lowest BCUT2D eigenvalue weighted by Crippen LogP contribution is -2.42. The van der Waals surface area contributed by atoms with E-state index in [2.05, 4.69) is 0 Å². The van der Waals surface area contributed by atoms with Crippen molar-refractivity contribution in [2.24, 2.45) is 7.05 Å². The molecular formula is C52H52N3O12+. The number of benzene rings is 6. The van der Waals surface area contributed by atoms with Crippen LogP contribution in [0.1, 0.15) is 41.4 Å². The number of rotatable bonds is 26. The van der Waals surface area contributed by atoms with Gasteiger partial charge in [0.1, 0.15) is 26.0 Å². The van der Waals surface area contributed by atoms with Crippen molar-refractivity contribution in [3.8, 4) is 11.5 Å². The van der Waals surface area contributed by atoms with Gasteiger partial charge in [-0.15, -0.1) is 0 Å². The van der Waals surface area contributed by atoms with E-state index in [1.165, 1.54) is 9.80 Å². The summed E-state index contributed by atoms with van der Waals surface area (Å²) in [5.41, 5.74) is 1.72. The number of imide groups is 2. The average molecular weight is 911 g/mol. The lowest BCUT2D eigenvalue weighted by molar-refractivity contribution is -0.671. The highest BCUT2D eigenvalue weighted by molar-refractivity contribution is 6.41. The quantitative estimate of drug-likeness (QED) is 0.0206. The minimum atomic E-state index is -0.390. The van der Waals surface area contributed by atoms with Crippen molar-refractivity contribution < 1.29 is 61.6 Å². The third kappa shape index (κ3) is 9.79. The van der Waals surface area contributed by atoms with Crippen LogP contribution in [0.25, 0.3) is 43.1 Å². The fourth-order valence-electron chi connectivity index (χ4n) is 8.77. The number of aryl methyl sites for hydroxylation is 1. The van der Waals surface area contributed by atoms with E-state index in [0.717, 1.165) is 43.8 Å². The number of ether oxygens (including phenoxy) is 8. The molecule has 3 heterocycles. The molecule has 0 fully saturated rings. The second-order valence-electron chi connectivity index (χ2n) is 16.1. The summed E-state index contributed by atoms with van der Waals surface area (Å²) in [7, 11) is 1.93. The van der Waals surface area contributed by atoms with Gasteiger partial charge in [0.2, 0.25) is 6.20 Å². The summed E-state index contributed by atoms with van der Waals surface area (Å²) < 4.78 is 47.0. The molecule has 6 aromatic carbocycles.